The fourth-order valence-electron chi connectivity index (χ4n) is 2.61. The van der Waals surface area contributed by atoms with Crippen LogP contribution in [-0.2, 0) is 0 Å². The maximum atomic E-state index is 6.02. The van der Waals surface area contributed by atoms with Gasteiger partial charge in [0.2, 0.25) is 17.2 Å². The smallest absolute Gasteiger partial charge is 0.231 e. The van der Waals surface area contributed by atoms with Gasteiger partial charge in [-0.25, -0.2) is 0 Å². The zero-order valence-electron chi connectivity index (χ0n) is 11.9. The molecule has 19 heavy (non-hydrogen) atoms. The highest BCUT2D eigenvalue weighted by molar-refractivity contribution is 6.28. The quantitative estimate of drug-likeness (QED) is 0.850. The van der Waals surface area contributed by atoms with Crippen LogP contribution < -0.4 is 9.80 Å². The molecule has 0 saturated heterocycles. The molecule has 6 heteroatoms. The first kappa shape index (κ1) is 14.3. The van der Waals surface area contributed by atoms with Crippen LogP contribution >= 0.6 is 11.6 Å². The third-order valence-electron chi connectivity index (χ3n) is 3.60. The Balaban J connectivity index is 2.26. The average molecular weight is 284 g/mol. The minimum atomic E-state index is 0.267. The van der Waals surface area contributed by atoms with Crippen LogP contribution in [0.4, 0.5) is 11.9 Å². The topological polar surface area (TPSA) is 45.2 Å². The Morgan fingerprint density at radius 3 is 2.26 bits per heavy atom. The van der Waals surface area contributed by atoms with E-state index >= 15 is 0 Å². The largest absolute Gasteiger partial charge is 0.347 e. The average Bonchev–Trinajstić information content (AvgIpc) is 2.40. The van der Waals surface area contributed by atoms with Gasteiger partial charge >= 0.3 is 0 Å². The summed E-state index contributed by atoms with van der Waals surface area (Å²) in [5.74, 6) is 1.32. The molecule has 1 aromatic heterocycles. The lowest BCUT2D eigenvalue weighted by Crippen LogP contribution is -2.38. The second-order valence-corrected chi connectivity index (χ2v) is 5.51. The number of hydrogen-bond acceptors (Lipinski definition) is 5. The van der Waals surface area contributed by atoms with E-state index in [4.69, 9.17) is 11.6 Å². The summed E-state index contributed by atoms with van der Waals surface area (Å²) in [5.41, 5.74) is 0. The van der Waals surface area contributed by atoms with Gasteiger partial charge in [-0.05, 0) is 31.4 Å². The molecule has 0 bridgehead atoms. The Morgan fingerprint density at radius 2 is 1.68 bits per heavy atom. The van der Waals surface area contributed by atoms with Crippen molar-refractivity contribution >= 4 is 23.5 Å². The summed E-state index contributed by atoms with van der Waals surface area (Å²) in [7, 11) is 3.82. The summed E-state index contributed by atoms with van der Waals surface area (Å²) in [5, 5.41) is 0.267. The third-order valence-corrected chi connectivity index (χ3v) is 3.77. The summed E-state index contributed by atoms with van der Waals surface area (Å²) in [6.45, 7) is 3.04. The molecular formula is C13H22ClN5. The minimum absolute atomic E-state index is 0.267. The minimum Gasteiger partial charge on any atom is -0.347 e. The molecule has 1 aliphatic rings. The molecule has 1 aliphatic carbocycles. The molecule has 1 aromatic rings. The predicted molar refractivity (Wildman–Crippen MR) is 79.1 cm³/mol. The van der Waals surface area contributed by atoms with Gasteiger partial charge in [-0.15, -0.1) is 0 Å². The van der Waals surface area contributed by atoms with Crippen molar-refractivity contribution in [1.29, 1.82) is 0 Å². The van der Waals surface area contributed by atoms with Crippen molar-refractivity contribution in [2.75, 3.05) is 30.4 Å². The monoisotopic (exact) mass is 283 g/mol. The summed E-state index contributed by atoms with van der Waals surface area (Å²) >= 11 is 6.02. The molecular weight excluding hydrogens is 262 g/mol. The second-order valence-electron chi connectivity index (χ2n) is 5.18. The van der Waals surface area contributed by atoms with Crippen molar-refractivity contribution in [1.82, 2.24) is 15.0 Å². The zero-order valence-corrected chi connectivity index (χ0v) is 12.7. The Bertz CT molecular complexity index is 417. The molecule has 1 saturated carbocycles. The van der Waals surface area contributed by atoms with Crippen molar-refractivity contribution in [3.05, 3.63) is 5.28 Å². The summed E-state index contributed by atoms with van der Waals surface area (Å²) in [6, 6.07) is 0.534. The number of halogens is 1. The highest BCUT2D eigenvalue weighted by Gasteiger charge is 2.23. The molecule has 0 N–H and O–H groups in total. The lowest BCUT2D eigenvalue weighted by atomic mass is 9.94. The van der Waals surface area contributed by atoms with Gasteiger partial charge in [0, 0.05) is 26.7 Å². The first-order valence-electron chi connectivity index (χ1n) is 6.97. The Kier molecular flexibility index (Phi) is 4.80. The normalized spacial score (nSPS) is 16.4. The van der Waals surface area contributed by atoms with E-state index in [2.05, 4.69) is 26.8 Å². The van der Waals surface area contributed by atoms with Crippen LogP contribution in [0.5, 0.6) is 0 Å². The number of nitrogens with zero attached hydrogens (tertiary/aromatic N) is 5. The van der Waals surface area contributed by atoms with E-state index in [0.717, 1.165) is 6.54 Å². The third kappa shape index (κ3) is 3.47. The first-order valence-corrected chi connectivity index (χ1v) is 7.35. The molecule has 1 heterocycles. The van der Waals surface area contributed by atoms with Crippen molar-refractivity contribution in [3.63, 3.8) is 0 Å². The van der Waals surface area contributed by atoms with Crippen LogP contribution in [0.2, 0.25) is 5.28 Å². The molecule has 2 rings (SSSR count). The number of anilines is 2. The summed E-state index contributed by atoms with van der Waals surface area (Å²) < 4.78 is 0. The van der Waals surface area contributed by atoms with Gasteiger partial charge in [-0.1, -0.05) is 19.3 Å². The van der Waals surface area contributed by atoms with Gasteiger partial charge < -0.3 is 9.80 Å². The van der Waals surface area contributed by atoms with E-state index in [1.807, 2.05) is 19.0 Å². The highest BCUT2D eigenvalue weighted by atomic mass is 35.5. The van der Waals surface area contributed by atoms with E-state index in [1.54, 1.807) is 0 Å². The Labute approximate surface area is 120 Å². The SMILES string of the molecule is CCN(c1nc(Cl)nc(N(C)C)n1)C1CCCCC1. The van der Waals surface area contributed by atoms with Gasteiger partial charge in [0.25, 0.3) is 0 Å². The molecule has 0 unspecified atom stereocenters. The molecule has 0 amide bonds. The van der Waals surface area contributed by atoms with Crippen molar-refractivity contribution in [2.45, 2.75) is 45.1 Å². The lowest BCUT2D eigenvalue weighted by molar-refractivity contribution is 0.414. The van der Waals surface area contributed by atoms with E-state index in [-0.39, 0.29) is 5.28 Å². The van der Waals surface area contributed by atoms with E-state index in [0.29, 0.717) is 17.9 Å². The zero-order chi connectivity index (χ0) is 13.8. The van der Waals surface area contributed by atoms with Crippen LogP contribution in [-0.4, -0.2) is 41.6 Å². The fourth-order valence-corrected chi connectivity index (χ4v) is 2.76. The molecule has 5 nitrogen and oxygen atoms in total. The molecule has 0 radical (unpaired) electrons. The van der Waals surface area contributed by atoms with Crippen LogP contribution in [0.25, 0.3) is 0 Å². The number of rotatable bonds is 4. The van der Waals surface area contributed by atoms with Crippen molar-refractivity contribution < 1.29 is 0 Å². The molecule has 0 aliphatic heterocycles. The van der Waals surface area contributed by atoms with Crippen molar-refractivity contribution in [2.24, 2.45) is 0 Å². The lowest BCUT2D eigenvalue weighted by Gasteiger charge is -2.33. The summed E-state index contributed by atoms with van der Waals surface area (Å²) in [4.78, 5) is 17.1. The first-order chi connectivity index (χ1) is 9.11. The van der Waals surface area contributed by atoms with E-state index < -0.39 is 0 Å². The molecule has 1 fully saturated rings. The number of hydrogen-bond donors (Lipinski definition) is 0. The predicted octanol–water partition coefficient (Wildman–Crippen LogP) is 2.75. The van der Waals surface area contributed by atoms with Gasteiger partial charge in [0.05, 0.1) is 0 Å². The highest BCUT2D eigenvalue weighted by Crippen LogP contribution is 2.26. The van der Waals surface area contributed by atoms with Crippen molar-refractivity contribution in [3.8, 4) is 0 Å². The van der Waals surface area contributed by atoms with Crippen LogP contribution in [0.1, 0.15) is 39.0 Å². The van der Waals surface area contributed by atoms with Crippen LogP contribution in [0, 0.1) is 0 Å². The van der Waals surface area contributed by atoms with Gasteiger partial charge in [0.1, 0.15) is 0 Å². The molecule has 0 aromatic carbocycles. The fraction of sp³-hybridized carbons (Fsp3) is 0.769. The van der Waals surface area contributed by atoms with Gasteiger partial charge in [-0.2, -0.15) is 15.0 Å². The maximum absolute atomic E-state index is 6.02. The van der Waals surface area contributed by atoms with Gasteiger partial charge in [0.15, 0.2) is 0 Å². The Morgan fingerprint density at radius 1 is 1.05 bits per heavy atom. The summed E-state index contributed by atoms with van der Waals surface area (Å²) in [6.07, 6.45) is 6.36. The number of aromatic nitrogens is 3. The van der Waals surface area contributed by atoms with Crippen LogP contribution in [0.3, 0.4) is 0 Å². The molecule has 0 atom stereocenters. The molecule has 106 valence electrons. The Hall–Kier alpha value is -1.10. The van der Waals surface area contributed by atoms with E-state index in [9.17, 15) is 0 Å². The van der Waals surface area contributed by atoms with Gasteiger partial charge in [-0.3, -0.25) is 0 Å². The van der Waals surface area contributed by atoms with E-state index in [1.165, 1.54) is 32.1 Å². The second kappa shape index (κ2) is 6.37. The van der Waals surface area contributed by atoms with Crippen LogP contribution in [0.15, 0.2) is 0 Å². The maximum Gasteiger partial charge on any atom is 0.231 e. The molecule has 0 spiro atoms. The standard InChI is InChI=1S/C13H22ClN5/c1-4-19(10-8-6-5-7-9-10)13-16-11(14)15-12(17-13)18(2)3/h10H,4-9H2,1-3H3.